The van der Waals surface area contributed by atoms with Gasteiger partial charge < -0.3 is 12.7 Å². The van der Waals surface area contributed by atoms with E-state index in [4.69, 9.17) is 11.6 Å². The van der Waals surface area contributed by atoms with E-state index < -0.39 is 0 Å². The van der Waals surface area contributed by atoms with Crippen molar-refractivity contribution in [1.29, 1.82) is 0 Å². The van der Waals surface area contributed by atoms with E-state index >= 15 is 0 Å². The van der Waals surface area contributed by atoms with Crippen LogP contribution in [0.1, 0.15) is 28.5 Å². The molecule has 4 nitrogen and oxygen atoms in total. The molecule has 1 heterocycles. The van der Waals surface area contributed by atoms with Gasteiger partial charge in [-0.25, -0.2) is 4.68 Å². The molecule has 0 saturated carbocycles. The molecule has 0 bridgehead atoms. The van der Waals surface area contributed by atoms with Crippen molar-refractivity contribution in [3.8, 4) is 16.9 Å². The quantitative estimate of drug-likeness (QED) is 0.568. The Bertz CT molecular complexity index is 923. The van der Waals surface area contributed by atoms with Crippen molar-refractivity contribution in [2.45, 2.75) is 20.3 Å². The summed E-state index contributed by atoms with van der Waals surface area (Å²) in [5, 5.41) is 8.02. The van der Waals surface area contributed by atoms with Gasteiger partial charge in [0.15, 0.2) is 5.69 Å². The second-order valence-electron chi connectivity index (χ2n) is 5.82. The van der Waals surface area contributed by atoms with Crippen LogP contribution in [0.2, 0.25) is 5.02 Å². The van der Waals surface area contributed by atoms with Crippen molar-refractivity contribution in [2.75, 3.05) is 7.05 Å². The van der Waals surface area contributed by atoms with Gasteiger partial charge in [-0.05, 0) is 37.1 Å². The number of carbonyl (C=O) groups excluding carboxylic acids is 1. The molecule has 1 amide bonds. The van der Waals surface area contributed by atoms with E-state index in [0.717, 1.165) is 28.1 Å². The Hall–Kier alpha value is -1.49. The first-order valence-corrected chi connectivity index (χ1v) is 8.60. The molecule has 0 unspecified atom stereocenters. The van der Waals surface area contributed by atoms with E-state index in [2.05, 4.69) is 10.4 Å². The van der Waals surface area contributed by atoms with Crippen LogP contribution in [-0.2, 0) is 39.1 Å². The molecule has 1 aromatic heterocycles. The van der Waals surface area contributed by atoms with Crippen molar-refractivity contribution in [3.05, 3.63) is 77.8 Å². The first-order chi connectivity index (χ1) is 12.1. The third kappa shape index (κ3) is 4.68. The number of hydrogen-bond donors (Lipinski definition) is 1. The van der Waals surface area contributed by atoms with E-state index in [1.807, 2.05) is 67.1 Å². The Morgan fingerprint density at radius 2 is 1.85 bits per heavy atom. The van der Waals surface area contributed by atoms with Crippen LogP contribution in [0.3, 0.4) is 0 Å². The van der Waals surface area contributed by atoms with Gasteiger partial charge in [-0.3, -0.25) is 4.79 Å². The number of amides is 1. The summed E-state index contributed by atoms with van der Waals surface area (Å²) in [5.41, 5.74) is 5.26. The van der Waals surface area contributed by atoms with Gasteiger partial charge in [0, 0.05) is 55.9 Å². The SMILES string of the molecule is CCc1c(C(=O)NC)nn(-c2ccc(Cl)cc2C)c1-c1ccccc1.[CH3-].[Y]. The Balaban J connectivity index is 0.00000182. The first kappa shape index (κ1) is 23.6. The van der Waals surface area contributed by atoms with E-state index in [9.17, 15) is 4.79 Å². The first-order valence-electron chi connectivity index (χ1n) is 8.22. The maximum atomic E-state index is 12.4. The molecule has 1 radical (unpaired) electrons. The summed E-state index contributed by atoms with van der Waals surface area (Å²) in [7, 11) is 1.62. The normalized spacial score (nSPS) is 9.93. The predicted octanol–water partition coefficient (Wildman–Crippen LogP) is 4.87. The van der Waals surface area contributed by atoms with Gasteiger partial charge in [0.05, 0.1) is 11.4 Å². The van der Waals surface area contributed by atoms with Gasteiger partial charge in [-0.2, -0.15) is 5.10 Å². The van der Waals surface area contributed by atoms with Crippen LogP contribution in [0, 0.1) is 14.4 Å². The molecular weight excluding hydrogens is 435 g/mol. The van der Waals surface area contributed by atoms with Crippen LogP contribution >= 0.6 is 11.6 Å². The molecule has 3 aromatic rings. The number of nitrogens with one attached hydrogen (secondary N) is 1. The van der Waals surface area contributed by atoms with Crippen LogP contribution in [0.4, 0.5) is 0 Å². The van der Waals surface area contributed by atoms with Crippen LogP contribution in [-0.4, -0.2) is 22.7 Å². The fraction of sp³-hybridized carbons (Fsp3) is 0.190. The van der Waals surface area contributed by atoms with Gasteiger partial charge in [0.1, 0.15) is 0 Å². The molecule has 0 fully saturated rings. The van der Waals surface area contributed by atoms with Crippen molar-refractivity contribution in [1.82, 2.24) is 15.1 Å². The molecule has 27 heavy (non-hydrogen) atoms. The number of benzene rings is 2. The van der Waals surface area contributed by atoms with Gasteiger partial charge in [-0.1, -0.05) is 48.9 Å². The van der Waals surface area contributed by atoms with Crippen molar-refractivity contribution < 1.29 is 37.5 Å². The maximum absolute atomic E-state index is 12.4. The molecule has 0 aliphatic carbocycles. The smallest absolute Gasteiger partial charge is 0.271 e. The molecule has 139 valence electrons. The average Bonchev–Trinajstić information content (AvgIpc) is 3.01. The molecule has 0 atom stereocenters. The summed E-state index contributed by atoms with van der Waals surface area (Å²) < 4.78 is 1.85. The summed E-state index contributed by atoms with van der Waals surface area (Å²) in [6, 6.07) is 15.7. The fourth-order valence-corrected chi connectivity index (χ4v) is 3.24. The molecule has 6 heteroatoms. The molecule has 3 rings (SSSR count). The van der Waals surface area contributed by atoms with Crippen molar-refractivity contribution in [2.24, 2.45) is 0 Å². The Morgan fingerprint density at radius 1 is 1.19 bits per heavy atom. The zero-order valence-corrected chi connectivity index (χ0v) is 19.7. The topological polar surface area (TPSA) is 46.9 Å². The predicted molar refractivity (Wildman–Crippen MR) is 108 cm³/mol. The van der Waals surface area contributed by atoms with E-state index in [1.54, 1.807) is 7.05 Å². The monoisotopic (exact) mass is 457 g/mol. The number of carbonyl (C=O) groups is 1. The minimum Gasteiger partial charge on any atom is -0.358 e. The number of aromatic nitrogens is 2. The van der Waals surface area contributed by atoms with E-state index in [-0.39, 0.29) is 46.0 Å². The maximum Gasteiger partial charge on any atom is 0.271 e. The molecule has 1 N–H and O–H groups in total. The summed E-state index contributed by atoms with van der Waals surface area (Å²) in [6.07, 6.45) is 0.708. The summed E-state index contributed by atoms with van der Waals surface area (Å²) in [5.74, 6) is -0.181. The molecular formula is C21H23ClN3OY-. The van der Waals surface area contributed by atoms with Gasteiger partial charge in [0.2, 0.25) is 0 Å². The molecule has 0 saturated heterocycles. The fourth-order valence-electron chi connectivity index (χ4n) is 3.01. The molecule has 2 aromatic carbocycles. The number of aryl methyl sites for hydroxylation is 1. The van der Waals surface area contributed by atoms with Crippen molar-refractivity contribution >= 4 is 17.5 Å². The third-order valence-electron chi connectivity index (χ3n) is 4.21. The molecule has 0 aliphatic heterocycles. The second kappa shape index (κ2) is 10.2. The average molecular weight is 458 g/mol. The number of rotatable bonds is 4. The van der Waals surface area contributed by atoms with Crippen LogP contribution in [0.5, 0.6) is 0 Å². The standard InChI is InChI=1S/C20H20ClN3O.CH3.Y/c1-4-16-18(20(25)22-3)23-24(17-11-10-15(21)12-13(17)2)19(16)14-8-6-5-7-9-14;;/h5-12H,4H2,1-3H3,(H,22,25);1H3;/q;-1;. The van der Waals surface area contributed by atoms with E-state index in [1.165, 1.54) is 0 Å². The minimum atomic E-state index is -0.181. The third-order valence-corrected chi connectivity index (χ3v) is 4.45. The van der Waals surface area contributed by atoms with Crippen LogP contribution in [0.25, 0.3) is 16.9 Å². The van der Waals surface area contributed by atoms with Crippen LogP contribution < -0.4 is 5.32 Å². The molecule has 0 aliphatic rings. The summed E-state index contributed by atoms with van der Waals surface area (Å²) >= 11 is 6.10. The summed E-state index contributed by atoms with van der Waals surface area (Å²) in [4.78, 5) is 12.4. The van der Waals surface area contributed by atoms with Gasteiger partial charge >= 0.3 is 0 Å². The zero-order valence-electron chi connectivity index (χ0n) is 16.1. The van der Waals surface area contributed by atoms with Gasteiger partial charge in [0.25, 0.3) is 5.91 Å². The minimum absolute atomic E-state index is 0. The Labute approximate surface area is 191 Å². The number of halogens is 1. The second-order valence-corrected chi connectivity index (χ2v) is 6.25. The summed E-state index contributed by atoms with van der Waals surface area (Å²) in [6.45, 7) is 4.03. The van der Waals surface area contributed by atoms with Crippen LogP contribution in [0.15, 0.2) is 48.5 Å². The Kier molecular flexibility index (Phi) is 8.87. The van der Waals surface area contributed by atoms with Gasteiger partial charge in [-0.15, -0.1) is 0 Å². The number of nitrogens with zero attached hydrogens (tertiary/aromatic N) is 2. The largest absolute Gasteiger partial charge is 0.358 e. The number of hydrogen-bond acceptors (Lipinski definition) is 2. The Morgan fingerprint density at radius 3 is 2.41 bits per heavy atom. The zero-order chi connectivity index (χ0) is 18.0. The molecule has 0 spiro atoms. The van der Waals surface area contributed by atoms with Crippen molar-refractivity contribution in [3.63, 3.8) is 0 Å². The van der Waals surface area contributed by atoms with E-state index in [0.29, 0.717) is 17.1 Å².